The molecule has 0 heterocycles. The van der Waals surface area contributed by atoms with E-state index in [1.54, 1.807) is 12.1 Å². The first-order valence-electron chi connectivity index (χ1n) is 4.95. The van der Waals surface area contributed by atoms with E-state index in [-0.39, 0.29) is 5.20 Å². The van der Waals surface area contributed by atoms with Crippen LogP contribution in [-0.2, 0) is 0 Å². The molecule has 0 aromatic heterocycles. The molecule has 0 radical (unpaired) electrons. The van der Waals surface area contributed by atoms with Gasteiger partial charge >= 0.3 is 0 Å². The Labute approximate surface area is 90.6 Å². The van der Waals surface area contributed by atoms with Gasteiger partial charge in [0.05, 0.1) is 8.07 Å². The Hall–Kier alpha value is -0.963. The average molecular weight is 226 g/mol. The zero-order chi connectivity index (χ0) is 11.6. The summed E-state index contributed by atoms with van der Waals surface area (Å²) in [5.74, 6) is 0. The maximum atomic E-state index is 12.9. The summed E-state index contributed by atoms with van der Waals surface area (Å²) in [5, 5.41) is 0.266. The summed E-state index contributed by atoms with van der Waals surface area (Å²) in [6.07, 6.45) is -1.53. The van der Waals surface area contributed by atoms with Gasteiger partial charge in [0.25, 0.3) is 6.08 Å². The molecule has 0 saturated heterocycles. The van der Waals surface area contributed by atoms with Crippen LogP contribution in [0.5, 0.6) is 0 Å². The van der Waals surface area contributed by atoms with E-state index in [1.165, 1.54) is 0 Å². The standard InChI is InChI=1S/C12H16F2Si/c1-9-5-7-10(8-6-9)11(12(13)14)15(2,3)4/h5-8H,1-4H3. The molecule has 0 atom stereocenters. The van der Waals surface area contributed by atoms with Crippen LogP contribution < -0.4 is 0 Å². The highest BCUT2D eigenvalue weighted by molar-refractivity contribution is 6.93. The van der Waals surface area contributed by atoms with Gasteiger partial charge in [0, 0.05) is 5.20 Å². The van der Waals surface area contributed by atoms with Crippen molar-refractivity contribution in [2.24, 2.45) is 0 Å². The minimum Gasteiger partial charge on any atom is -0.174 e. The first-order valence-corrected chi connectivity index (χ1v) is 8.45. The minimum atomic E-state index is -1.98. The highest BCUT2D eigenvalue weighted by Crippen LogP contribution is 2.30. The third-order valence-electron chi connectivity index (χ3n) is 2.28. The maximum absolute atomic E-state index is 12.9. The topological polar surface area (TPSA) is 0 Å². The van der Waals surface area contributed by atoms with Gasteiger partial charge in [-0.3, -0.25) is 0 Å². The lowest BCUT2D eigenvalue weighted by Crippen LogP contribution is -2.23. The monoisotopic (exact) mass is 226 g/mol. The smallest absolute Gasteiger partial charge is 0.174 e. The van der Waals surface area contributed by atoms with Crippen LogP contribution in [-0.4, -0.2) is 8.07 Å². The van der Waals surface area contributed by atoms with Gasteiger partial charge in [-0.1, -0.05) is 49.5 Å². The van der Waals surface area contributed by atoms with Gasteiger partial charge in [-0.2, -0.15) is 8.78 Å². The number of aryl methyl sites for hydroxylation is 1. The molecule has 0 nitrogen and oxygen atoms in total. The summed E-state index contributed by atoms with van der Waals surface area (Å²) < 4.78 is 25.8. The second-order valence-electron chi connectivity index (χ2n) is 4.75. The van der Waals surface area contributed by atoms with Crippen LogP contribution >= 0.6 is 0 Å². The van der Waals surface area contributed by atoms with E-state index in [0.29, 0.717) is 5.56 Å². The molecule has 0 saturated carbocycles. The Balaban J connectivity index is 3.25. The van der Waals surface area contributed by atoms with Crippen LogP contribution in [0, 0.1) is 6.92 Å². The molecule has 0 unspecified atom stereocenters. The SMILES string of the molecule is Cc1ccc(C(=C(F)F)[Si](C)(C)C)cc1. The van der Waals surface area contributed by atoms with Crippen LogP contribution in [0.4, 0.5) is 8.78 Å². The van der Waals surface area contributed by atoms with Gasteiger partial charge in [0.15, 0.2) is 0 Å². The summed E-state index contributed by atoms with van der Waals surface area (Å²) >= 11 is 0. The fraction of sp³-hybridized carbons (Fsp3) is 0.333. The molecule has 15 heavy (non-hydrogen) atoms. The van der Waals surface area contributed by atoms with Gasteiger partial charge in [0.2, 0.25) is 0 Å². The summed E-state index contributed by atoms with van der Waals surface area (Å²) in [5.41, 5.74) is 1.76. The molecule has 1 rings (SSSR count). The molecule has 0 spiro atoms. The first-order chi connectivity index (χ1) is 6.82. The molecule has 0 N–H and O–H groups in total. The van der Waals surface area contributed by atoms with Gasteiger partial charge < -0.3 is 0 Å². The quantitative estimate of drug-likeness (QED) is 0.652. The van der Waals surface area contributed by atoms with E-state index >= 15 is 0 Å². The lowest BCUT2D eigenvalue weighted by Gasteiger charge is -2.20. The molecular weight excluding hydrogens is 210 g/mol. The number of halogens is 2. The van der Waals surface area contributed by atoms with Gasteiger partial charge in [-0.05, 0) is 12.5 Å². The van der Waals surface area contributed by atoms with Gasteiger partial charge in [-0.15, -0.1) is 0 Å². The summed E-state index contributed by atoms with van der Waals surface area (Å²) in [7, 11) is -1.98. The molecule has 82 valence electrons. The van der Waals surface area contributed by atoms with E-state index in [0.717, 1.165) is 5.56 Å². The van der Waals surface area contributed by atoms with Crippen molar-refractivity contribution in [2.45, 2.75) is 26.6 Å². The van der Waals surface area contributed by atoms with Crippen molar-refractivity contribution in [2.75, 3.05) is 0 Å². The number of benzene rings is 1. The molecule has 3 heteroatoms. The van der Waals surface area contributed by atoms with Crippen molar-refractivity contribution in [1.82, 2.24) is 0 Å². The Morgan fingerprint density at radius 2 is 1.47 bits per heavy atom. The van der Waals surface area contributed by atoms with E-state index in [4.69, 9.17) is 0 Å². The second kappa shape index (κ2) is 4.27. The van der Waals surface area contributed by atoms with Crippen molar-refractivity contribution < 1.29 is 8.78 Å². The third-order valence-corrected chi connectivity index (χ3v) is 4.26. The lowest BCUT2D eigenvalue weighted by molar-refractivity contribution is 0.427. The molecule has 0 aliphatic carbocycles. The molecule has 1 aromatic carbocycles. The molecule has 0 aliphatic rings. The van der Waals surface area contributed by atoms with Gasteiger partial charge in [-0.25, -0.2) is 0 Å². The number of rotatable bonds is 2. The highest BCUT2D eigenvalue weighted by atomic mass is 28.3. The largest absolute Gasteiger partial charge is 0.270 e. The van der Waals surface area contributed by atoms with Crippen LogP contribution in [0.25, 0.3) is 5.20 Å². The van der Waals surface area contributed by atoms with E-state index in [2.05, 4.69) is 0 Å². The third kappa shape index (κ3) is 2.99. The number of hydrogen-bond acceptors (Lipinski definition) is 0. The van der Waals surface area contributed by atoms with Crippen LogP contribution in [0.2, 0.25) is 19.6 Å². The maximum Gasteiger partial charge on any atom is 0.270 e. The zero-order valence-corrected chi connectivity index (χ0v) is 10.6. The summed E-state index contributed by atoms with van der Waals surface area (Å²) in [4.78, 5) is 0. The van der Waals surface area contributed by atoms with Crippen LogP contribution in [0.1, 0.15) is 11.1 Å². The Morgan fingerprint density at radius 3 is 1.80 bits per heavy atom. The zero-order valence-electron chi connectivity index (χ0n) is 9.57. The highest BCUT2D eigenvalue weighted by Gasteiger charge is 2.25. The Kier molecular flexibility index (Phi) is 3.45. The second-order valence-corrected chi connectivity index (χ2v) is 9.75. The van der Waals surface area contributed by atoms with Crippen molar-refractivity contribution in [3.63, 3.8) is 0 Å². The minimum absolute atomic E-state index is 0.266. The van der Waals surface area contributed by atoms with Crippen molar-refractivity contribution in [3.05, 3.63) is 41.5 Å². The Morgan fingerprint density at radius 1 is 1.00 bits per heavy atom. The fourth-order valence-electron chi connectivity index (χ4n) is 1.55. The summed E-state index contributed by atoms with van der Waals surface area (Å²) in [6.45, 7) is 7.75. The van der Waals surface area contributed by atoms with Crippen LogP contribution in [0.15, 0.2) is 30.3 Å². The van der Waals surface area contributed by atoms with Gasteiger partial charge in [0.1, 0.15) is 0 Å². The van der Waals surface area contributed by atoms with Crippen molar-refractivity contribution in [3.8, 4) is 0 Å². The van der Waals surface area contributed by atoms with Crippen molar-refractivity contribution in [1.29, 1.82) is 0 Å². The van der Waals surface area contributed by atoms with Crippen molar-refractivity contribution >= 4 is 13.3 Å². The molecular formula is C12H16F2Si. The first kappa shape index (κ1) is 12.1. The predicted molar refractivity (Wildman–Crippen MR) is 63.7 cm³/mol. The molecule has 0 aliphatic heterocycles. The molecule has 0 fully saturated rings. The molecule has 0 amide bonds. The van der Waals surface area contributed by atoms with E-state index < -0.39 is 14.2 Å². The summed E-state index contributed by atoms with van der Waals surface area (Å²) in [6, 6.07) is 7.31. The Bertz CT molecular complexity index is 368. The predicted octanol–water partition coefficient (Wildman–Crippen LogP) is 4.48. The molecule has 0 bridgehead atoms. The number of hydrogen-bond donors (Lipinski definition) is 0. The normalized spacial score (nSPS) is 11.3. The average Bonchev–Trinajstić information content (AvgIpc) is 2.05. The molecule has 1 aromatic rings. The van der Waals surface area contributed by atoms with E-state index in [1.807, 2.05) is 38.7 Å². The van der Waals surface area contributed by atoms with E-state index in [9.17, 15) is 8.78 Å². The lowest BCUT2D eigenvalue weighted by atomic mass is 10.1. The van der Waals surface area contributed by atoms with Crippen LogP contribution in [0.3, 0.4) is 0 Å². The fourth-order valence-corrected chi connectivity index (χ4v) is 3.15.